The summed E-state index contributed by atoms with van der Waals surface area (Å²) < 4.78 is 0.937. The van der Waals surface area contributed by atoms with E-state index in [4.69, 9.17) is 5.11 Å². The Morgan fingerprint density at radius 1 is 1.77 bits per heavy atom. The van der Waals surface area contributed by atoms with E-state index in [9.17, 15) is 4.79 Å². The number of aryl methyl sites for hydroxylation is 1. The van der Waals surface area contributed by atoms with Crippen molar-refractivity contribution in [2.75, 3.05) is 5.75 Å². The van der Waals surface area contributed by atoms with Gasteiger partial charge in [-0.05, 0) is 34.5 Å². The summed E-state index contributed by atoms with van der Waals surface area (Å²) in [6.07, 6.45) is 1.68. The Balaban J connectivity index is 2.68. The molecule has 13 heavy (non-hydrogen) atoms. The minimum atomic E-state index is -0.827. The van der Waals surface area contributed by atoms with Crippen LogP contribution in [0.5, 0.6) is 0 Å². The molecule has 70 valence electrons. The van der Waals surface area contributed by atoms with E-state index >= 15 is 0 Å². The summed E-state index contributed by atoms with van der Waals surface area (Å²) in [5.74, 6) is -0.777. The second kappa shape index (κ2) is 4.62. The molecule has 0 aromatic carbocycles. The molecule has 0 unspecified atom stereocenters. The third-order valence-corrected chi connectivity index (χ3v) is 3.11. The molecule has 0 aliphatic carbocycles. The molecule has 0 atom stereocenters. The first-order valence-electron chi connectivity index (χ1n) is 3.56. The van der Waals surface area contributed by atoms with Gasteiger partial charge in [-0.15, -0.1) is 0 Å². The molecule has 0 amide bonds. The fourth-order valence-electron chi connectivity index (χ4n) is 0.728. The molecule has 0 fully saturated rings. The van der Waals surface area contributed by atoms with Gasteiger partial charge in [-0.3, -0.25) is 4.79 Å². The topological polar surface area (TPSA) is 50.2 Å². The summed E-state index contributed by atoms with van der Waals surface area (Å²) in [5, 5.41) is 9.18. The van der Waals surface area contributed by atoms with Crippen LogP contribution in [0.4, 0.5) is 0 Å². The molecule has 5 heteroatoms. The van der Waals surface area contributed by atoms with Crippen molar-refractivity contribution < 1.29 is 9.90 Å². The Morgan fingerprint density at radius 2 is 2.46 bits per heavy atom. The molecule has 0 radical (unpaired) electrons. The first-order chi connectivity index (χ1) is 6.09. The molecule has 3 nitrogen and oxygen atoms in total. The molecule has 0 aliphatic rings. The first kappa shape index (κ1) is 10.5. The summed E-state index contributed by atoms with van der Waals surface area (Å²) in [7, 11) is 0. The van der Waals surface area contributed by atoms with Crippen molar-refractivity contribution in [2.24, 2.45) is 0 Å². The largest absolute Gasteiger partial charge is 0.481 e. The van der Waals surface area contributed by atoms with Crippen LogP contribution in [-0.4, -0.2) is 21.8 Å². The third kappa shape index (κ3) is 3.36. The molecule has 1 aromatic rings. The van der Waals surface area contributed by atoms with Crippen LogP contribution in [0.2, 0.25) is 0 Å². The predicted molar refractivity (Wildman–Crippen MR) is 55.0 cm³/mol. The zero-order chi connectivity index (χ0) is 9.84. The second-order valence-electron chi connectivity index (χ2n) is 2.45. The number of pyridine rings is 1. The fraction of sp³-hybridized carbons (Fsp3) is 0.250. The van der Waals surface area contributed by atoms with Crippen molar-refractivity contribution in [3.05, 3.63) is 22.3 Å². The van der Waals surface area contributed by atoms with Crippen LogP contribution in [0.15, 0.2) is 21.8 Å². The molecule has 1 aromatic heterocycles. The molecule has 0 saturated heterocycles. The molecule has 1 rings (SSSR count). The average Bonchev–Trinajstić information content (AvgIpc) is 2.07. The Bertz CT molecular complexity index is 330. The molecule has 0 bridgehead atoms. The molecule has 1 heterocycles. The van der Waals surface area contributed by atoms with Gasteiger partial charge in [0.2, 0.25) is 0 Å². The number of rotatable bonds is 3. The van der Waals surface area contributed by atoms with Gasteiger partial charge in [0.05, 0.1) is 10.8 Å². The average molecular weight is 262 g/mol. The normalized spacial score (nSPS) is 10.0. The first-order valence-corrected chi connectivity index (χ1v) is 5.34. The molecular weight excluding hydrogens is 254 g/mol. The summed E-state index contributed by atoms with van der Waals surface area (Å²) >= 11 is 4.54. The Hall–Kier alpha value is -0.550. The molecule has 0 aliphatic heterocycles. The van der Waals surface area contributed by atoms with Gasteiger partial charge in [0.25, 0.3) is 0 Å². The molecular formula is C8H8BrNO2S. The van der Waals surface area contributed by atoms with Gasteiger partial charge in [-0.1, -0.05) is 11.8 Å². The highest BCUT2D eigenvalue weighted by molar-refractivity contribution is 9.10. The zero-order valence-corrected chi connectivity index (χ0v) is 9.35. The van der Waals surface area contributed by atoms with Crippen LogP contribution in [0.25, 0.3) is 0 Å². The van der Waals surface area contributed by atoms with E-state index in [0.29, 0.717) is 0 Å². The van der Waals surface area contributed by atoms with Crippen LogP contribution in [0.3, 0.4) is 0 Å². The Labute approximate surface area is 88.7 Å². The monoisotopic (exact) mass is 261 g/mol. The minimum absolute atomic E-state index is 0.0497. The predicted octanol–water partition coefficient (Wildman–Crippen LogP) is 2.33. The SMILES string of the molecule is Cc1cc(SCC(=O)O)ncc1Br. The summed E-state index contributed by atoms with van der Waals surface area (Å²) in [6.45, 7) is 1.94. The Morgan fingerprint density at radius 3 is 3.00 bits per heavy atom. The van der Waals surface area contributed by atoms with E-state index in [0.717, 1.165) is 15.1 Å². The van der Waals surface area contributed by atoms with Gasteiger partial charge >= 0.3 is 5.97 Å². The number of aliphatic carboxylic acids is 1. The minimum Gasteiger partial charge on any atom is -0.481 e. The van der Waals surface area contributed by atoms with Crippen LogP contribution in [0, 0.1) is 6.92 Å². The zero-order valence-electron chi connectivity index (χ0n) is 6.95. The quantitative estimate of drug-likeness (QED) is 0.849. The maximum atomic E-state index is 10.3. The van der Waals surface area contributed by atoms with Crippen LogP contribution in [-0.2, 0) is 4.79 Å². The van der Waals surface area contributed by atoms with Crippen molar-refractivity contribution in [3.63, 3.8) is 0 Å². The molecule has 0 saturated carbocycles. The number of hydrogen-bond donors (Lipinski definition) is 1. The van der Waals surface area contributed by atoms with Gasteiger partial charge in [-0.2, -0.15) is 0 Å². The molecule has 1 N–H and O–H groups in total. The number of carboxylic acid groups (broad SMARTS) is 1. The number of hydrogen-bond acceptors (Lipinski definition) is 3. The van der Waals surface area contributed by atoms with Gasteiger partial charge in [0.15, 0.2) is 0 Å². The third-order valence-electron chi connectivity index (χ3n) is 1.37. The van der Waals surface area contributed by atoms with Crippen molar-refractivity contribution in [2.45, 2.75) is 11.9 Å². The Kier molecular flexibility index (Phi) is 3.74. The van der Waals surface area contributed by atoms with E-state index in [1.807, 2.05) is 13.0 Å². The van der Waals surface area contributed by atoms with Crippen molar-refractivity contribution in [1.29, 1.82) is 0 Å². The number of thioether (sulfide) groups is 1. The number of halogens is 1. The van der Waals surface area contributed by atoms with Gasteiger partial charge < -0.3 is 5.11 Å². The summed E-state index contributed by atoms with van der Waals surface area (Å²) in [6, 6.07) is 1.86. The smallest absolute Gasteiger partial charge is 0.313 e. The van der Waals surface area contributed by atoms with Crippen molar-refractivity contribution >= 4 is 33.7 Å². The highest BCUT2D eigenvalue weighted by atomic mass is 79.9. The highest BCUT2D eigenvalue weighted by Gasteiger charge is 2.02. The van der Waals surface area contributed by atoms with E-state index in [1.165, 1.54) is 11.8 Å². The number of aromatic nitrogens is 1. The van der Waals surface area contributed by atoms with Crippen LogP contribution < -0.4 is 0 Å². The number of carbonyl (C=O) groups is 1. The fourth-order valence-corrected chi connectivity index (χ4v) is 1.60. The standard InChI is InChI=1S/C8H8BrNO2S/c1-5-2-7(10-3-6(5)9)13-4-8(11)12/h2-3H,4H2,1H3,(H,11,12). The lowest BCUT2D eigenvalue weighted by Crippen LogP contribution is -1.98. The maximum Gasteiger partial charge on any atom is 0.313 e. The van der Waals surface area contributed by atoms with Crippen molar-refractivity contribution in [3.8, 4) is 0 Å². The summed E-state index contributed by atoms with van der Waals surface area (Å²) in [5.41, 5.74) is 1.06. The van der Waals surface area contributed by atoms with E-state index in [2.05, 4.69) is 20.9 Å². The number of nitrogens with zero attached hydrogens (tertiary/aromatic N) is 1. The lowest BCUT2D eigenvalue weighted by atomic mass is 10.3. The van der Waals surface area contributed by atoms with Crippen LogP contribution >= 0.6 is 27.7 Å². The lowest BCUT2D eigenvalue weighted by molar-refractivity contribution is -0.133. The highest BCUT2D eigenvalue weighted by Crippen LogP contribution is 2.21. The second-order valence-corrected chi connectivity index (χ2v) is 4.30. The van der Waals surface area contributed by atoms with Gasteiger partial charge in [0.1, 0.15) is 0 Å². The van der Waals surface area contributed by atoms with E-state index < -0.39 is 5.97 Å². The number of carboxylic acids is 1. The van der Waals surface area contributed by atoms with Gasteiger partial charge in [0, 0.05) is 10.7 Å². The van der Waals surface area contributed by atoms with Gasteiger partial charge in [-0.25, -0.2) is 4.98 Å². The summed E-state index contributed by atoms with van der Waals surface area (Å²) in [4.78, 5) is 14.3. The maximum absolute atomic E-state index is 10.3. The lowest BCUT2D eigenvalue weighted by Gasteiger charge is -2.00. The van der Waals surface area contributed by atoms with E-state index in [1.54, 1.807) is 6.20 Å². The van der Waals surface area contributed by atoms with E-state index in [-0.39, 0.29) is 5.75 Å². The molecule has 0 spiro atoms. The van der Waals surface area contributed by atoms with Crippen molar-refractivity contribution in [1.82, 2.24) is 4.98 Å². The van der Waals surface area contributed by atoms with Crippen LogP contribution in [0.1, 0.15) is 5.56 Å².